The third-order valence-electron chi connectivity index (χ3n) is 5.99. The number of fused-ring (bicyclic) bond motifs is 1. The van der Waals surface area contributed by atoms with Crippen molar-refractivity contribution in [2.75, 3.05) is 0 Å². The molecule has 174 valence electrons. The average molecular weight is 524 g/mol. The van der Waals surface area contributed by atoms with Crippen LogP contribution in [0.15, 0.2) is 64.2 Å². The predicted molar refractivity (Wildman–Crippen MR) is 131 cm³/mol. The van der Waals surface area contributed by atoms with Gasteiger partial charge in [-0.2, -0.15) is 0 Å². The molecule has 2 unspecified atom stereocenters. The summed E-state index contributed by atoms with van der Waals surface area (Å²) in [6.07, 6.45) is 6.26. The Bertz CT molecular complexity index is 982. The Hall–Kier alpha value is -1.84. The van der Waals surface area contributed by atoms with Gasteiger partial charge in [0.25, 0.3) is 0 Å². The molecule has 0 aliphatic carbocycles. The molecule has 2 aromatic rings. The molecule has 4 N–H and O–H groups in total. The zero-order valence-electron chi connectivity index (χ0n) is 18.3. The van der Waals surface area contributed by atoms with Gasteiger partial charge in [0.05, 0.1) is 21.7 Å². The SMILES string of the molecule is CCCCC1(CC)CC(c2ccccc2)c2cc(Br)c(O/C=C/C(=O)O)cc2S(O)(O)N1. The number of aliphatic carboxylic acids is 1. The summed E-state index contributed by atoms with van der Waals surface area (Å²) < 4.78 is 32.0. The number of ether oxygens (including phenoxy) is 1. The highest BCUT2D eigenvalue weighted by Crippen LogP contribution is 2.57. The van der Waals surface area contributed by atoms with Gasteiger partial charge in [-0.15, -0.1) is 10.8 Å². The third-order valence-corrected chi connectivity index (χ3v) is 8.30. The summed E-state index contributed by atoms with van der Waals surface area (Å²) in [5, 5.41) is 8.83. The monoisotopic (exact) mass is 523 g/mol. The molecule has 1 aliphatic heterocycles. The van der Waals surface area contributed by atoms with Crippen LogP contribution >= 0.6 is 26.7 Å². The number of rotatable bonds is 8. The molecule has 1 heterocycles. The van der Waals surface area contributed by atoms with Crippen LogP contribution in [0.1, 0.15) is 63.0 Å². The van der Waals surface area contributed by atoms with Gasteiger partial charge in [0, 0.05) is 17.5 Å². The molecule has 2 aromatic carbocycles. The molecule has 0 saturated heterocycles. The lowest BCUT2D eigenvalue weighted by molar-refractivity contribution is -0.131. The fourth-order valence-electron chi connectivity index (χ4n) is 4.27. The van der Waals surface area contributed by atoms with Crippen molar-refractivity contribution >= 4 is 32.7 Å². The zero-order chi connectivity index (χ0) is 23.4. The quantitative estimate of drug-likeness (QED) is 0.221. The molecule has 32 heavy (non-hydrogen) atoms. The van der Waals surface area contributed by atoms with Crippen LogP contribution in [0.25, 0.3) is 0 Å². The third kappa shape index (κ3) is 5.55. The van der Waals surface area contributed by atoms with Crippen molar-refractivity contribution in [3.8, 4) is 5.75 Å². The van der Waals surface area contributed by atoms with E-state index in [4.69, 9.17) is 9.84 Å². The van der Waals surface area contributed by atoms with Crippen molar-refractivity contribution in [1.82, 2.24) is 4.72 Å². The van der Waals surface area contributed by atoms with Crippen LogP contribution in [-0.4, -0.2) is 25.7 Å². The molecule has 0 bridgehead atoms. The largest absolute Gasteiger partial charge is 0.478 e. The van der Waals surface area contributed by atoms with E-state index in [2.05, 4.69) is 46.6 Å². The molecule has 6 nitrogen and oxygen atoms in total. The van der Waals surface area contributed by atoms with Crippen LogP contribution in [0.3, 0.4) is 0 Å². The molecular weight excluding hydrogens is 494 g/mol. The molecule has 3 rings (SSSR count). The summed E-state index contributed by atoms with van der Waals surface area (Å²) in [6.45, 7) is 4.21. The number of hydrogen-bond acceptors (Lipinski definition) is 5. The Morgan fingerprint density at radius 2 is 2.00 bits per heavy atom. The van der Waals surface area contributed by atoms with Gasteiger partial charge in [-0.05, 0) is 52.4 Å². The fraction of sp³-hybridized carbons (Fsp3) is 0.375. The van der Waals surface area contributed by atoms with Crippen LogP contribution in [0.4, 0.5) is 0 Å². The Labute approximate surface area is 199 Å². The summed E-state index contributed by atoms with van der Waals surface area (Å²) >= 11 is 3.51. The van der Waals surface area contributed by atoms with E-state index in [1.165, 1.54) is 0 Å². The Kier molecular flexibility index (Phi) is 8.06. The van der Waals surface area contributed by atoms with Crippen molar-refractivity contribution in [3.63, 3.8) is 0 Å². The van der Waals surface area contributed by atoms with Gasteiger partial charge in [-0.25, -0.2) is 9.52 Å². The van der Waals surface area contributed by atoms with E-state index in [1.54, 1.807) is 6.07 Å². The molecule has 0 radical (unpaired) electrons. The first-order chi connectivity index (χ1) is 15.2. The van der Waals surface area contributed by atoms with Crippen molar-refractivity contribution in [2.45, 2.75) is 62.3 Å². The number of halogens is 1. The normalized spacial score (nSPS) is 23.3. The van der Waals surface area contributed by atoms with Crippen LogP contribution in [-0.2, 0) is 4.79 Å². The number of benzene rings is 2. The Morgan fingerprint density at radius 3 is 2.62 bits per heavy atom. The molecule has 0 aromatic heterocycles. The number of hydrogen-bond donors (Lipinski definition) is 4. The van der Waals surface area contributed by atoms with Gasteiger partial charge in [-0.3, -0.25) is 9.11 Å². The Morgan fingerprint density at radius 1 is 1.28 bits per heavy atom. The molecule has 2 atom stereocenters. The van der Waals surface area contributed by atoms with E-state index >= 15 is 0 Å². The van der Waals surface area contributed by atoms with Crippen molar-refractivity contribution in [2.24, 2.45) is 0 Å². The zero-order valence-corrected chi connectivity index (χ0v) is 20.7. The maximum atomic E-state index is 11.3. The molecular formula is C24H30BrNO5S. The minimum absolute atomic E-state index is 0.0518. The van der Waals surface area contributed by atoms with Crippen LogP contribution in [0.5, 0.6) is 5.75 Å². The summed E-state index contributed by atoms with van der Waals surface area (Å²) in [5.41, 5.74) is 1.48. The fourth-order valence-corrected chi connectivity index (χ4v) is 6.57. The van der Waals surface area contributed by atoms with Gasteiger partial charge >= 0.3 is 5.97 Å². The topological polar surface area (TPSA) is 99.0 Å². The summed E-state index contributed by atoms with van der Waals surface area (Å²) in [4.78, 5) is 11.2. The highest BCUT2D eigenvalue weighted by Gasteiger charge is 2.42. The van der Waals surface area contributed by atoms with E-state index in [9.17, 15) is 13.9 Å². The maximum Gasteiger partial charge on any atom is 0.331 e. The van der Waals surface area contributed by atoms with E-state index in [0.717, 1.165) is 55.6 Å². The standard InChI is InChI=1S/C24H30BrNO5S/c1-3-5-12-24(4-2)16-19(17-9-7-6-8-10-17)18-14-20(25)21(31-13-11-23(27)28)15-22(18)32(29,30)26-24/h6-11,13-15,19,26,29-30H,3-5,12,16H2,1-2H3,(H,27,28)/b13-11+. The van der Waals surface area contributed by atoms with E-state index in [1.807, 2.05) is 24.3 Å². The van der Waals surface area contributed by atoms with Crippen molar-refractivity contribution in [3.05, 3.63) is 70.4 Å². The van der Waals surface area contributed by atoms with Crippen LogP contribution in [0, 0.1) is 0 Å². The van der Waals surface area contributed by atoms with Crippen LogP contribution in [0.2, 0.25) is 0 Å². The first kappa shape index (κ1) is 24.8. The van der Waals surface area contributed by atoms with E-state index < -0.39 is 22.3 Å². The average Bonchev–Trinajstić information content (AvgIpc) is 2.85. The van der Waals surface area contributed by atoms with Crippen molar-refractivity contribution in [1.29, 1.82) is 0 Å². The number of carboxylic acids is 1. The summed E-state index contributed by atoms with van der Waals surface area (Å²) in [5.74, 6) is -0.869. The molecule has 0 spiro atoms. The van der Waals surface area contributed by atoms with Gasteiger partial charge in [-0.1, -0.05) is 57.0 Å². The molecule has 8 heteroatoms. The Balaban J connectivity index is 2.16. The molecule has 1 aliphatic rings. The first-order valence-corrected chi connectivity index (χ1v) is 13.1. The van der Waals surface area contributed by atoms with Gasteiger partial charge in [0.1, 0.15) is 5.75 Å². The smallest absolute Gasteiger partial charge is 0.331 e. The predicted octanol–water partition coefficient (Wildman–Crippen LogP) is 6.91. The van der Waals surface area contributed by atoms with Gasteiger partial charge in [0.15, 0.2) is 0 Å². The lowest BCUT2D eigenvalue weighted by Gasteiger charge is -2.43. The maximum absolute atomic E-state index is 11.3. The van der Waals surface area contributed by atoms with Gasteiger partial charge < -0.3 is 9.84 Å². The van der Waals surface area contributed by atoms with Gasteiger partial charge in [0.2, 0.25) is 0 Å². The van der Waals surface area contributed by atoms with Crippen LogP contribution < -0.4 is 9.46 Å². The summed E-state index contributed by atoms with van der Waals surface area (Å²) in [7, 11) is -3.34. The van der Waals surface area contributed by atoms with Crippen molar-refractivity contribution < 1.29 is 23.7 Å². The summed E-state index contributed by atoms with van der Waals surface area (Å²) in [6, 6.07) is 13.6. The van der Waals surface area contributed by atoms with E-state index in [0.29, 0.717) is 15.1 Å². The number of carboxylic acid groups (broad SMARTS) is 1. The molecule has 0 amide bonds. The highest BCUT2D eigenvalue weighted by atomic mass is 79.9. The number of nitrogens with one attached hydrogen (secondary N) is 1. The minimum atomic E-state index is -3.34. The molecule has 0 saturated carbocycles. The lowest BCUT2D eigenvalue weighted by atomic mass is 9.77. The molecule has 0 fully saturated rings. The first-order valence-electron chi connectivity index (χ1n) is 10.7. The second-order valence-corrected chi connectivity index (χ2v) is 10.7. The lowest BCUT2D eigenvalue weighted by Crippen LogP contribution is -2.45. The second kappa shape index (κ2) is 10.4. The highest BCUT2D eigenvalue weighted by molar-refractivity contribution is 9.10. The minimum Gasteiger partial charge on any atom is -0.478 e. The second-order valence-electron chi connectivity index (χ2n) is 8.14. The van der Waals surface area contributed by atoms with E-state index in [-0.39, 0.29) is 5.92 Å². The number of unbranched alkanes of at least 4 members (excludes halogenated alkanes) is 1. The number of carbonyl (C=O) groups is 1.